The molecular weight excluding hydrogens is 174 g/mol. The minimum atomic E-state index is 0.837. The van der Waals surface area contributed by atoms with E-state index in [0.717, 1.165) is 25.0 Å². The molecule has 0 bridgehead atoms. The van der Waals surface area contributed by atoms with Crippen LogP contribution in [0.3, 0.4) is 0 Å². The molecule has 0 heterocycles. The second kappa shape index (κ2) is 7.24. The van der Waals surface area contributed by atoms with Crippen LogP contribution >= 0.6 is 0 Å². The van der Waals surface area contributed by atoms with E-state index in [2.05, 4.69) is 12.2 Å². The Morgan fingerprint density at radius 1 is 1.43 bits per heavy atom. The van der Waals surface area contributed by atoms with Crippen LogP contribution in [-0.2, 0) is 4.74 Å². The third kappa shape index (κ3) is 3.97. The van der Waals surface area contributed by atoms with Crippen LogP contribution in [0.1, 0.15) is 39.0 Å². The van der Waals surface area contributed by atoms with Crippen LogP contribution in [0.4, 0.5) is 0 Å². The minimum absolute atomic E-state index is 0.837. The molecule has 84 valence electrons. The van der Waals surface area contributed by atoms with Gasteiger partial charge in [0, 0.05) is 13.7 Å². The summed E-state index contributed by atoms with van der Waals surface area (Å²) in [5.41, 5.74) is 0. The SMILES string of the molecule is CCCC(CNCCOC)C1CCC1. The molecule has 14 heavy (non-hydrogen) atoms. The molecule has 2 heteroatoms. The Bertz CT molecular complexity index is 134. The van der Waals surface area contributed by atoms with Crippen molar-refractivity contribution in [3.8, 4) is 0 Å². The maximum absolute atomic E-state index is 5.02. The van der Waals surface area contributed by atoms with Crippen LogP contribution in [0, 0.1) is 11.8 Å². The summed E-state index contributed by atoms with van der Waals surface area (Å²) in [5, 5.41) is 3.50. The van der Waals surface area contributed by atoms with Crippen LogP contribution in [-0.4, -0.2) is 26.8 Å². The molecule has 1 fully saturated rings. The van der Waals surface area contributed by atoms with E-state index in [4.69, 9.17) is 4.74 Å². The zero-order valence-corrected chi connectivity index (χ0v) is 9.72. The highest BCUT2D eigenvalue weighted by atomic mass is 16.5. The molecule has 0 saturated heterocycles. The summed E-state index contributed by atoms with van der Waals surface area (Å²) in [4.78, 5) is 0. The number of ether oxygens (including phenoxy) is 1. The van der Waals surface area contributed by atoms with Gasteiger partial charge in [-0.05, 0) is 24.8 Å². The summed E-state index contributed by atoms with van der Waals surface area (Å²) in [5.74, 6) is 1.94. The van der Waals surface area contributed by atoms with E-state index in [-0.39, 0.29) is 0 Å². The normalized spacial score (nSPS) is 19.3. The van der Waals surface area contributed by atoms with Crippen molar-refractivity contribution < 1.29 is 4.74 Å². The Morgan fingerprint density at radius 3 is 2.71 bits per heavy atom. The standard InChI is InChI=1S/C12H25NO/c1-3-5-12(11-6-4-7-11)10-13-8-9-14-2/h11-13H,3-10H2,1-2H3. The van der Waals surface area contributed by atoms with Crippen molar-refractivity contribution in [1.82, 2.24) is 5.32 Å². The largest absolute Gasteiger partial charge is 0.383 e. The number of hydrogen-bond donors (Lipinski definition) is 1. The lowest BCUT2D eigenvalue weighted by atomic mass is 9.74. The van der Waals surface area contributed by atoms with E-state index in [1.165, 1.54) is 38.6 Å². The van der Waals surface area contributed by atoms with E-state index in [1.54, 1.807) is 7.11 Å². The highest BCUT2D eigenvalue weighted by molar-refractivity contribution is 4.78. The Labute approximate surface area is 88.4 Å². The average Bonchev–Trinajstić information content (AvgIpc) is 2.10. The molecular formula is C12H25NO. The van der Waals surface area contributed by atoms with E-state index in [1.807, 2.05) is 0 Å². The van der Waals surface area contributed by atoms with Crippen molar-refractivity contribution in [2.75, 3.05) is 26.8 Å². The molecule has 0 radical (unpaired) electrons. The maximum atomic E-state index is 5.02. The van der Waals surface area contributed by atoms with Gasteiger partial charge in [0.15, 0.2) is 0 Å². The molecule has 1 atom stereocenters. The molecule has 0 spiro atoms. The smallest absolute Gasteiger partial charge is 0.0587 e. The van der Waals surface area contributed by atoms with Crippen molar-refractivity contribution >= 4 is 0 Å². The second-order valence-electron chi connectivity index (χ2n) is 4.44. The number of rotatable bonds is 8. The van der Waals surface area contributed by atoms with Crippen molar-refractivity contribution in [2.45, 2.75) is 39.0 Å². The zero-order chi connectivity index (χ0) is 10.2. The van der Waals surface area contributed by atoms with Gasteiger partial charge in [0.2, 0.25) is 0 Å². The summed E-state index contributed by atoms with van der Waals surface area (Å²) in [6, 6.07) is 0. The lowest BCUT2D eigenvalue weighted by Crippen LogP contribution is -2.33. The fourth-order valence-electron chi connectivity index (χ4n) is 2.25. The average molecular weight is 199 g/mol. The molecule has 0 aromatic carbocycles. The zero-order valence-electron chi connectivity index (χ0n) is 9.72. The van der Waals surface area contributed by atoms with E-state index in [0.29, 0.717) is 0 Å². The van der Waals surface area contributed by atoms with Crippen LogP contribution in [0.2, 0.25) is 0 Å². The van der Waals surface area contributed by atoms with Gasteiger partial charge >= 0.3 is 0 Å². The van der Waals surface area contributed by atoms with E-state index < -0.39 is 0 Å². The van der Waals surface area contributed by atoms with Gasteiger partial charge in [0.25, 0.3) is 0 Å². The summed E-state index contributed by atoms with van der Waals surface area (Å²) in [6.45, 7) is 5.33. The summed E-state index contributed by atoms with van der Waals surface area (Å²) in [6.07, 6.45) is 7.12. The first-order valence-electron chi connectivity index (χ1n) is 6.08. The molecule has 1 N–H and O–H groups in total. The first kappa shape index (κ1) is 12.0. The van der Waals surface area contributed by atoms with Crippen LogP contribution < -0.4 is 5.32 Å². The maximum Gasteiger partial charge on any atom is 0.0587 e. The topological polar surface area (TPSA) is 21.3 Å². The van der Waals surface area contributed by atoms with Gasteiger partial charge in [-0.3, -0.25) is 0 Å². The van der Waals surface area contributed by atoms with Gasteiger partial charge in [0.05, 0.1) is 6.61 Å². The predicted molar refractivity (Wildman–Crippen MR) is 60.5 cm³/mol. The van der Waals surface area contributed by atoms with Crippen LogP contribution in [0.15, 0.2) is 0 Å². The summed E-state index contributed by atoms with van der Waals surface area (Å²) in [7, 11) is 1.76. The minimum Gasteiger partial charge on any atom is -0.383 e. The molecule has 1 rings (SSSR count). The summed E-state index contributed by atoms with van der Waals surface area (Å²) < 4.78 is 5.02. The Kier molecular flexibility index (Phi) is 6.20. The molecule has 2 nitrogen and oxygen atoms in total. The third-order valence-corrected chi connectivity index (χ3v) is 3.37. The molecule has 0 aliphatic heterocycles. The van der Waals surface area contributed by atoms with Gasteiger partial charge in [-0.2, -0.15) is 0 Å². The fraction of sp³-hybridized carbons (Fsp3) is 1.00. The summed E-state index contributed by atoms with van der Waals surface area (Å²) >= 11 is 0. The molecule has 1 unspecified atom stereocenters. The first-order valence-corrected chi connectivity index (χ1v) is 6.08. The number of methoxy groups -OCH3 is 1. The van der Waals surface area contributed by atoms with Gasteiger partial charge in [0.1, 0.15) is 0 Å². The van der Waals surface area contributed by atoms with Crippen molar-refractivity contribution in [3.63, 3.8) is 0 Å². The van der Waals surface area contributed by atoms with Crippen molar-refractivity contribution in [3.05, 3.63) is 0 Å². The Morgan fingerprint density at radius 2 is 2.21 bits per heavy atom. The fourth-order valence-corrected chi connectivity index (χ4v) is 2.25. The highest BCUT2D eigenvalue weighted by Gasteiger charge is 2.25. The van der Waals surface area contributed by atoms with Gasteiger partial charge in [-0.15, -0.1) is 0 Å². The Balaban J connectivity index is 2.08. The van der Waals surface area contributed by atoms with Crippen molar-refractivity contribution in [1.29, 1.82) is 0 Å². The predicted octanol–water partition coefficient (Wildman–Crippen LogP) is 2.44. The van der Waals surface area contributed by atoms with Crippen molar-refractivity contribution in [2.24, 2.45) is 11.8 Å². The second-order valence-corrected chi connectivity index (χ2v) is 4.44. The highest BCUT2D eigenvalue weighted by Crippen LogP contribution is 2.35. The monoisotopic (exact) mass is 199 g/mol. The van der Waals surface area contributed by atoms with Crippen LogP contribution in [0.5, 0.6) is 0 Å². The molecule has 0 aromatic rings. The molecule has 0 aromatic heterocycles. The van der Waals surface area contributed by atoms with Crippen LogP contribution in [0.25, 0.3) is 0 Å². The molecule has 0 amide bonds. The first-order chi connectivity index (χ1) is 6.88. The van der Waals surface area contributed by atoms with Gasteiger partial charge in [-0.25, -0.2) is 0 Å². The lowest BCUT2D eigenvalue weighted by molar-refractivity contribution is 0.173. The third-order valence-electron chi connectivity index (χ3n) is 3.37. The van der Waals surface area contributed by atoms with Gasteiger partial charge < -0.3 is 10.1 Å². The van der Waals surface area contributed by atoms with E-state index >= 15 is 0 Å². The number of nitrogens with one attached hydrogen (secondary N) is 1. The molecule has 1 saturated carbocycles. The lowest BCUT2D eigenvalue weighted by Gasteiger charge is -2.34. The number of hydrogen-bond acceptors (Lipinski definition) is 2. The van der Waals surface area contributed by atoms with Gasteiger partial charge in [-0.1, -0.05) is 32.6 Å². The Hall–Kier alpha value is -0.0800. The molecule has 1 aliphatic rings. The quantitative estimate of drug-likeness (QED) is 0.606. The van der Waals surface area contributed by atoms with E-state index in [9.17, 15) is 0 Å². The molecule has 1 aliphatic carbocycles.